The highest BCUT2D eigenvalue weighted by Gasteiger charge is 2.30. The van der Waals surface area contributed by atoms with Gasteiger partial charge in [0.1, 0.15) is 17.6 Å². The van der Waals surface area contributed by atoms with Crippen LogP contribution in [-0.2, 0) is 11.3 Å². The molecule has 1 rings (SSSR count). The first-order valence-corrected chi connectivity index (χ1v) is 4.66. The molecule has 80 valence electrons. The van der Waals surface area contributed by atoms with E-state index in [4.69, 9.17) is 5.26 Å². The van der Waals surface area contributed by atoms with Gasteiger partial charge < -0.3 is 5.32 Å². The van der Waals surface area contributed by atoms with Crippen molar-refractivity contribution in [3.63, 3.8) is 0 Å². The van der Waals surface area contributed by atoms with Gasteiger partial charge >= 0.3 is 0 Å². The van der Waals surface area contributed by atoms with E-state index in [1.165, 1.54) is 6.33 Å². The third-order valence-electron chi connectivity index (χ3n) is 2.34. The van der Waals surface area contributed by atoms with E-state index in [2.05, 4.69) is 20.5 Å². The average molecular weight is 207 g/mol. The molecule has 0 fully saturated rings. The van der Waals surface area contributed by atoms with Gasteiger partial charge in [0.05, 0.1) is 12.6 Å². The SMILES string of the molecule is CCC(C)(C#N)C(=O)NCc1ncn[nH]1. The van der Waals surface area contributed by atoms with Crippen LogP contribution >= 0.6 is 0 Å². The lowest BCUT2D eigenvalue weighted by Crippen LogP contribution is -2.37. The van der Waals surface area contributed by atoms with Crippen LogP contribution in [0.15, 0.2) is 6.33 Å². The molecule has 15 heavy (non-hydrogen) atoms. The minimum absolute atomic E-state index is 0.260. The van der Waals surface area contributed by atoms with Gasteiger partial charge in [0, 0.05) is 0 Å². The molecule has 1 heterocycles. The van der Waals surface area contributed by atoms with Crippen LogP contribution in [-0.4, -0.2) is 21.1 Å². The lowest BCUT2D eigenvalue weighted by atomic mass is 9.88. The lowest BCUT2D eigenvalue weighted by Gasteiger charge is -2.17. The maximum Gasteiger partial charge on any atom is 0.240 e. The molecule has 0 spiro atoms. The van der Waals surface area contributed by atoms with Crippen molar-refractivity contribution in [2.45, 2.75) is 26.8 Å². The van der Waals surface area contributed by atoms with Crippen LogP contribution in [0.25, 0.3) is 0 Å². The molecule has 0 saturated carbocycles. The normalized spacial score (nSPS) is 13.9. The van der Waals surface area contributed by atoms with Gasteiger partial charge in [-0.15, -0.1) is 0 Å². The van der Waals surface area contributed by atoms with Crippen LogP contribution in [0.3, 0.4) is 0 Å². The van der Waals surface area contributed by atoms with Crippen molar-refractivity contribution in [3.8, 4) is 6.07 Å². The highest BCUT2D eigenvalue weighted by atomic mass is 16.2. The zero-order valence-electron chi connectivity index (χ0n) is 8.74. The smallest absolute Gasteiger partial charge is 0.240 e. The minimum Gasteiger partial charge on any atom is -0.347 e. The summed E-state index contributed by atoms with van der Waals surface area (Å²) in [4.78, 5) is 15.5. The quantitative estimate of drug-likeness (QED) is 0.745. The Balaban J connectivity index is 2.53. The van der Waals surface area contributed by atoms with Crippen molar-refractivity contribution in [2.24, 2.45) is 5.41 Å². The van der Waals surface area contributed by atoms with E-state index in [0.717, 1.165) is 0 Å². The monoisotopic (exact) mass is 207 g/mol. The number of nitriles is 1. The Morgan fingerprint density at radius 2 is 2.53 bits per heavy atom. The number of hydrogen-bond donors (Lipinski definition) is 2. The number of carbonyl (C=O) groups is 1. The minimum atomic E-state index is -0.972. The summed E-state index contributed by atoms with van der Waals surface area (Å²) in [5.41, 5.74) is -0.972. The van der Waals surface area contributed by atoms with E-state index in [1.807, 2.05) is 6.07 Å². The molecule has 1 amide bonds. The van der Waals surface area contributed by atoms with Gasteiger partial charge in [-0.2, -0.15) is 10.4 Å². The summed E-state index contributed by atoms with van der Waals surface area (Å²) in [6.45, 7) is 3.68. The van der Waals surface area contributed by atoms with Crippen LogP contribution in [0, 0.1) is 16.7 Å². The van der Waals surface area contributed by atoms with Crippen molar-refractivity contribution in [3.05, 3.63) is 12.2 Å². The van der Waals surface area contributed by atoms with Gasteiger partial charge in [-0.3, -0.25) is 9.89 Å². The molecular formula is C9H13N5O. The molecule has 0 bridgehead atoms. The second-order valence-corrected chi connectivity index (χ2v) is 3.41. The predicted octanol–water partition coefficient (Wildman–Crippen LogP) is 0.361. The van der Waals surface area contributed by atoms with Crippen LogP contribution in [0.4, 0.5) is 0 Å². The fourth-order valence-electron chi connectivity index (χ4n) is 0.965. The summed E-state index contributed by atoms with van der Waals surface area (Å²) in [6, 6.07) is 2.00. The fourth-order valence-corrected chi connectivity index (χ4v) is 0.965. The number of aromatic nitrogens is 3. The summed E-state index contributed by atoms with van der Waals surface area (Å²) in [5, 5.41) is 17.8. The molecule has 6 nitrogen and oxygen atoms in total. The summed E-state index contributed by atoms with van der Waals surface area (Å²) in [6.07, 6.45) is 1.84. The zero-order valence-corrected chi connectivity index (χ0v) is 8.74. The molecule has 0 aliphatic heterocycles. The molecular weight excluding hydrogens is 194 g/mol. The van der Waals surface area contributed by atoms with Gasteiger partial charge in [-0.1, -0.05) is 6.92 Å². The average Bonchev–Trinajstić information content (AvgIpc) is 2.77. The van der Waals surface area contributed by atoms with Crippen molar-refractivity contribution < 1.29 is 4.79 Å². The molecule has 0 aliphatic carbocycles. The predicted molar refractivity (Wildman–Crippen MR) is 52.2 cm³/mol. The maximum atomic E-state index is 11.6. The van der Waals surface area contributed by atoms with Gasteiger partial charge in [-0.25, -0.2) is 4.98 Å². The second kappa shape index (κ2) is 4.55. The van der Waals surface area contributed by atoms with E-state index in [9.17, 15) is 4.79 Å². The summed E-state index contributed by atoms with van der Waals surface area (Å²) >= 11 is 0. The van der Waals surface area contributed by atoms with Crippen molar-refractivity contribution in [1.82, 2.24) is 20.5 Å². The van der Waals surface area contributed by atoms with Gasteiger partial charge in [0.2, 0.25) is 5.91 Å². The van der Waals surface area contributed by atoms with Crippen molar-refractivity contribution >= 4 is 5.91 Å². The second-order valence-electron chi connectivity index (χ2n) is 3.41. The molecule has 0 aliphatic rings. The molecule has 1 aromatic rings. The lowest BCUT2D eigenvalue weighted by molar-refractivity contribution is -0.127. The van der Waals surface area contributed by atoms with Gasteiger partial charge in [-0.05, 0) is 13.3 Å². The third-order valence-corrected chi connectivity index (χ3v) is 2.34. The summed E-state index contributed by atoms with van der Waals surface area (Å²) < 4.78 is 0. The molecule has 1 aromatic heterocycles. The van der Waals surface area contributed by atoms with Crippen LogP contribution in [0.2, 0.25) is 0 Å². The highest BCUT2D eigenvalue weighted by molar-refractivity contribution is 5.84. The Bertz CT molecular complexity index is 366. The topological polar surface area (TPSA) is 94.5 Å². The number of aromatic amines is 1. The number of H-pyrrole nitrogens is 1. The number of carbonyl (C=O) groups excluding carboxylic acids is 1. The molecule has 2 N–H and O–H groups in total. The Labute approximate surface area is 87.7 Å². The molecule has 0 radical (unpaired) electrons. The van der Waals surface area contributed by atoms with Gasteiger partial charge in [0.15, 0.2) is 0 Å². The first-order valence-electron chi connectivity index (χ1n) is 4.66. The maximum absolute atomic E-state index is 11.6. The van der Waals surface area contributed by atoms with Gasteiger partial charge in [0.25, 0.3) is 0 Å². The number of amides is 1. The third kappa shape index (κ3) is 2.53. The van der Waals surface area contributed by atoms with Crippen molar-refractivity contribution in [2.75, 3.05) is 0 Å². The molecule has 1 unspecified atom stereocenters. The van der Waals surface area contributed by atoms with E-state index in [0.29, 0.717) is 12.2 Å². The Kier molecular flexibility index (Phi) is 3.39. The first-order chi connectivity index (χ1) is 7.12. The Morgan fingerprint density at radius 1 is 1.80 bits per heavy atom. The number of rotatable bonds is 4. The van der Waals surface area contributed by atoms with E-state index in [1.54, 1.807) is 13.8 Å². The molecule has 0 saturated heterocycles. The van der Waals surface area contributed by atoms with E-state index < -0.39 is 5.41 Å². The summed E-state index contributed by atoms with van der Waals surface area (Å²) in [5.74, 6) is 0.281. The number of nitrogens with zero attached hydrogens (tertiary/aromatic N) is 3. The van der Waals surface area contributed by atoms with Crippen LogP contribution in [0.5, 0.6) is 0 Å². The largest absolute Gasteiger partial charge is 0.347 e. The van der Waals surface area contributed by atoms with E-state index in [-0.39, 0.29) is 12.5 Å². The Hall–Kier alpha value is -1.90. The highest BCUT2D eigenvalue weighted by Crippen LogP contribution is 2.19. The molecule has 6 heteroatoms. The zero-order chi connectivity index (χ0) is 11.3. The number of hydrogen-bond acceptors (Lipinski definition) is 4. The summed E-state index contributed by atoms with van der Waals surface area (Å²) in [7, 11) is 0. The standard InChI is InChI=1S/C9H13N5O/c1-3-9(2,5-10)8(15)11-4-7-12-6-13-14-7/h6H,3-4H2,1-2H3,(H,11,15)(H,12,13,14). The first kappa shape index (κ1) is 11.2. The molecule has 0 aromatic carbocycles. The fraction of sp³-hybridized carbons (Fsp3) is 0.556. The van der Waals surface area contributed by atoms with Crippen LogP contribution in [0.1, 0.15) is 26.1 Å². The van der Waals surface area contributed by atoms with Crippen LogP contribution < -0.4 is 5.32 Å². The molecule has 1 atom stereocenters. The van der Waals surface area contributed by atoms with E-state index >= 15 is 0 Å². The Morgan fingerprint density at radius 3 is 3.00 bits per heavy atom. The van der Waals surface area contributed by atoms with Crippen molar-refractivity contribution in [1.29, 1.82) is 5.26 Å². The number of nitrogens with one attached hydrogen (secondary N) is 2.